The van der Waals surface area contributed by atoms with Gasteiger partial charge in [0.05, 0.1) is 19.8 Å². The van der Waals surface area contributed by atoms with Gasteiger partial charge >= 0.3 is 18.1 Å². The van der Waals surface area contributed by atoms with Crippen molar-refractivity contribution in [2.24, 2.45) is 0 Å². The van der Waals surface area contributed by atoms with E-state index in [-0.39, 0.29) is 16.7 Å². The number of methoxy groups -OCH3 is 2. The molecule has 120 valence electrons. The first kappa shape index (κ1) is 16.1. The first-order chi connectivity index (χ1) is 10.1. The highest BCUT2D eigenvalue weighted by atomic mass is 19.4. The molecule has 1 heterocycles. The second-order valence-corrected chi connectivity index (χ2v) is 4.35. The summed E-state index contributed by atoms with van der Waals surface area (Å²) in [4.78, 5) is 13.7. The average Bonchev–Trinajstić information content (AvgIpc) is 2.84. The van der Waals surface area contributed by atoms with Crippen LogP contribution in [0.5, 0.6) is 5.75 Å². The van der Waals surface area contributed by atoms with Crippen molar-refractivity contribution in [3.63, 3.8) is 0 Å². The minimum atomic E-state index is -5.86. The zero-order chi connectivity index (χ0) is 16.7. The molecule has 4 nitrogen and oxygen atoms in total. The van der Waals surface area contributed by atoms with Gasteiger partial charge in [-0.15, -0.1) is 0 Å². The van der Waals surface area contributed by atoms with Gasteiger partial charge in [-0.25, -0.2) is 4.79 Å². The molecule has 9 heteroatoms. The molecule has 0 aliphatic rings. The summed E-state index contributed by atoms with van der Waals surface area (Å²) in [6, 6.07) is 3.76. The number of esters is 1. The van der Waals surface area contributed by atoms with Crippen molar-refractivity contribution >= 4 is 16.9 Å². The van der Waals surface area contributed by atoms with Crippen LogP contribution >= 0.6 is 0 Å². The molecule has 0 unspecified atom stereocenters. The highest BCUT2D eigenvalue weighted by molar-refractivity contribution is 6.06. The molecule has 0 amide bonds. The number of rotatable bonds is 3. The van der Waals surface area contributed by atoms with Gasteiger partial charge in [0.15, 0.2) is 0 Å². The van der Waals surface area contributed by atoms with Crippen LogP contribution < -0.4 is 4.74 Å². The maximum Gasteiger partial charge on any atom is 0.459 e. The third-order valence-electron chi connectivity index (χ3n) is 3.07. The van der Waals surface area contributed by atoms with Crippen LogP contribution in [0.1, 0.15) is 16.1 Å². The molecule has 1 aromatic heterocycles. The van der Waals surface area contributed by atoms with E-state index in [2.05, 4.69) is 4.74 Å². The highest BCUT2D eigenvalue weighted by Crippen LogP contribution is 2.46. The Morgan fingerprint density at radius 3 is 2.27 bits per heavy atom. The molecule has 0 saturated heterocycles. The third kappa shape index (κ3) is 2.36. The van der Waals surface area contributed by atoms with Crippen molar-refractivity contribution in [1.82, 2.24) is 4.98 Å². The maximum atomic E-state index is 13.6. The summed E-state index contributed by atoms with van der Waals surface area (Å²) in [6.07, 6.45) is -5.86. The van der Waals surface area contributed by atoms with Crippen LogP contribution in [-0.2, 0) is 10.7 Å². The fourth-order valence-corrected chi connectivity index (χ4v) is 1.99. The number of hydrogen-bond acceptors (Lipinski definition) is 3. The zero-order valence-electron chi connectivity index (χ0n) is 11.3. The number of nitrogens with one attached hydrogen (secondary N) is 1. The normalized spacial score (nSPS) is 12.5. The Morgan fingerprint density at radius 2 is 1.77 bits per heavy atom. The second-order valence-electron chi connectivity index (χ2n) is 4.35. The first-order valence-corrected chi connectivity index (χ1v) is 5.86. The predicted octanol–water partition coefficient (Wildman–Crippen LogP) is 3.62. The molecule has 0 fully saturated rings. The van der Waals surface area contributed by atoms with Gasteiger partial charge in [0.25, 0.3) is 0 Å². The lowest BCUT2D eigenvalue weighted by Gasteiger charge is -2.19. The molecule has 1 N–H and O–H groups in total. The molecule has 0 saturated carbocycles. The highest BCUT2D eigenvalue weighted by Gasteiger charge is 2.61. The minimum absolute atomic E-state index is 0.0693. The van der Waals surface area contributed by atoms with Crippen LogP contribution in [0.2, 0.25) is 0 Å². The van der Waals surface area contributed by atoms with E-state index in [9.17, 15) is 26.7 Å². The van der Waals surface area contributed by atoms with E-state index in [1.54, 1.807) is 0 Å². The monoisotopic (exact) mass is 323 g/mol. The van der Waals surface area contributed by atoms with Crippen LogP contribution in [-0.4, -0.2) is 31.3 Å². The number of carbonyl (C=O) groups excluding carboxylic acids is 1. The van der Waals surface area contributed by atoms with Crippen LogP contribution in [0.4, 0.5) is 22.0 Å². The van der Waals surface area contributed by atoms with Crippen LogP contribution in [0.25, 0.3) is 10.9 Å². The fraction of sp³-hybridized carbons (Fsp3) is 0.308. The van der Waals surface area contributed by atoms with Crippen molar-refractivity contribution in [1.29, 1.82) is 0 Å². The quantitative estimate of drug-likeness (QED) is 0.693. The number of halogens is 5. The SMILES string of the molecule is COC(=O)c1c(C(F)(F)C(F)(F)F)[nH]c2ccc(OC)cc12. The van der Waals surface area contributed by atoms with Gasteiger partial charge in [0, 0.05) is 10.9 Å². The Hall–Kier alpha value is -2.32. The standard InChI is InChI=1S/C13H10F5NO3/c1-21-6-3-4-8-7(5-6)9(11(20)22-2)10(19-8)12(14,15)13(16,17)18/h3-5,19H,1-2H3. The number of alkyl halides is 5. The van der Waals surface area contributed by atoms with Crippen LogP contribution in [0.3, 0.4) is 0 Å². The van der Waals surface area contributed by atoms with Gasteiger partial charge in [-0.2, -0.15) is 22.0 Å². The summed E-state index contributed by atoms with van der Waals surface area (Å²) in [5.41, 5.74) is -2.51. The molecule has 1 aromatic carbocycles. The molecule has 2 aromatic rings. The van der Waals surface area contributed by atoms with E-state index in [1.807, 2.05) is 4.98 Å². The minimum Gasteiger partial charge on any atom is -0.497 e. The summed E-state index contributed by atoms with van der Waals surface area (Å²) >= 11 is 0. The summed E-state index contributed by atoms with van der Waals surface area (Å²) in [5.74, 6) is -6.35. The Balaban J connectivity index is 2.82. The Bertz CT molecular complexity index is 720. The number of H-pyrrole nitrogens is 1. The Kier molecular flexibility index (Phi) is 3.76. The lowest BCUT2D eigenvalue weighted by Crippen LogP contribution is -2.35. The van der Waals surface area contributed by atoms with E-state index >= 15 is 0 Å². The van der Waals surface area contributed by atoms with Crippen LogP contribution in [0, 0.1) is 0 Å². The number of carbonyl (C=O) groups is 1. The number of fused-ring (bicyclic) bond motifs is 1. The van der Waals surface area contributed by atoms with E-state index in [0.717, 1.165) is 7.11 Å². The van der Waals surface area contributed by atoms with Crippen molar-refractivity contribution in [2.75, 3.05) is 14.2 Å². The lowest BCUT2D eigenvalue weighted by molar-refractivity contribution is -0.290. The molecule has 0 atom stereocenters. The van der Waals surface area contributed by atoms with Crippen molar-refractivity contribution in [2.45, 2.75) is 12.1 Å². The van der Waals surface area contributed by atoms with Gasteiger partial charge in [0.2, 0.25) is 0 Å². The number of aromatic amines is 1. The van der Waals surface area contributed by atoms with Gasteiger partial charge in [-0.05, 0) is 18.2 Å². The molecule has 0 aliphatic carbocycles. The topological polar surface area (TPSA) is 51.3 Å². The largest absolute Gasteiger partial charge is 0.497 e. The van der Waals surface area contributed by atoms with E-state index in [0.29, 0.717) is 0 Å². The fourth-order valence-electron chi connectivity index (χ4n) is 1.99. The van der Waals surface area contributed by atoms with E-state index < -0.39 is 29.3 Å². The van der Waals surface area contributed by atoms with Gasteiger partial charge in [-0.3, -0.25) is 0 Å². The number of aromatic nitrogens is 1. The van der Waals surface area contributed by atoms with E-state index in [1.165, 1.54) is 25.3 Å². The molecular formula is C13H10F5NO3. The molecular weight excluding hydrogens is 313 g/mol. The lowest BCUT2D eigenvalue weighted by atomic mass is 10.1. The van der Waals surface area contributed by atoms with Crippen LogP contribution in [0.15, 0.2) is 18.2 Å². The Morgan fingerprint density at radius 1 is 1.14 bits per heavy atom. The number of hydrogen-bond donors (Lipinski definition) is 1. The van der Waals surface area contributed by atoms with Gasteiger partial charge in [0.1, 0.15) is 11.4 Å². The predicted molar refractivity (Wildman–Crippen MR) is 66.1 cm³/mol. The number of ether oxygens (including phenoxy) is 2. The Labute approximate surface area is 120 Å². The second kappa shape index (κ2) is 5.15. The first-order valence-electron chi connectivity index (χ1n) is 5.86. The van der Waals surface area contributed by atoms with Crippen molar-refractivity contribution in [3.8, 4) is 5.75 Å². The molecule has 22 heavy (non-hydrogen) atoms. The molecule has 0 spiro atoms. The summed E-state index contributed by atoms with van der Waals surface area (Å²) in [5, 5.41) is -0.148. The number of benzene rings is 1. The smallest absolute Gasteiger partial charge is 0.459 e. The van der Waals surface area contributed by atoms with Crippen molar-refractivity contribution in [3.05, 3.63) is 29.5 Å². The molecule has 0 aliphatic heterocycles. The molecule has 2 rings (SSSR count). The van der Waals surface area contributed by atoms with Crippen molar-refractivity contribution < 1.29 is 36.2 Å². The molecule has 0 radical (unpaired) electrons. The van der Waals surface area contributed by atoms with Gasteiger partial charge < -0.3 is 14.5 Å². The summed E-state index contributed by atoms with van der Waals surface area (Å²) < 4.78 is 74.3. The third-order valence-corrected chi connectivity index (χ3v) is 3.07. The maximum absolute atomic E-state index is 13.6. The summed E-state index contributed by atoms with van der Waals surface area (Å²) in [7, 11) is 2.17. The average molecular weight is 323 g/mol. The van der Waals surface area contributed by atoms with E-state index in [4.69, 9.17) is 4.74 Å². The van der Waals surface area contributed by atoms with Gasteiger partial charge in [-0.1, -0.05) is 0 Å². The zero-order valence-corrected chi connectivity index (χ0v) is 11.3. The summed E-state index contributed by atoms with van der Waals surface area (Å²) in [6.45, 7) is 0. The molecule has 0 bridgehead atoms.